The standard InChI is InChI=1S/C16H10F3N5O/c1-25-11-6-9(14-12(16(17,18)19)3-2-4-21-14)5-10(7-11)15-13(8-20)22-24-23-15/h2-7H,1H3,(H,22,23,24). The van der Waals surface area contributed by atoms with Crippen molar-refractivity contribution in [2.75, 3.05) is 7.11 Å². The molecule has 0 amide bonds. The molecule has 25 heavy (non-hydrogen) atoms. The van der Waals surface area contributed by atoms with Crippen LogP contribution in [0.15, 0.2) is 36.5 Å². The average Bonchev–Trinajstić information content (AvgIpc) is 3.09. The molecule has 0 fully saturated rings. The third kappa shape index (κ3) is 3.14. The summed E-state index contributed by atoms with van der Waals surface area (Å²) >= 11 is 0. The van der Waals surface area contributed by atoms with E-state index < -0.39 is 11.7 Å². The van der Waals surface area contributed by atoms with Crippen LogP contribution in [0.4, 0.5) is 13.2 Å². The number of alkyl halides is 3. The lowest BCUT2D eigenvalue weighted by Gasteiger charge is -2.13. The summed E-state index contributed by atoms with van der Waals surface area (Å²) in [6.07, 6.45) is -3.28. The van der Waals surface area contributed by atoms with E-state index in [0.717, 1.165) is 6.07 Å². The zero-order valence-corrected chi connectivity index (χ0v) is 12.8. The second-order valence-electron chi connectivity index (χ2n) is 4.99. The Bertz CT molecular complexity index is 959. The maximum absolute atomic E-state index is 13.3. The van der Waals surface area contributed by atoms with Gasteiger partial charge in [-0.1, -0.05) is 5.21 Å². The number of ether oxygens (including phenoxy) is 1. The number of rotatable bonds is 3. The van der Waals surface area contributed by atoms with Crippen molar-refractivity contribution in [3.05, 3.63) is 47.8 Å². The minimum absolute atomic E-state index is 0.0938. The van der Waals surface area contributed by atoms with Crippen LogP contribution in [-0.2, 0) is 6.18 Å². The molecule has 0 bridgehead atoms. The molecule has 2 heterocycles. The Balaban J connectivity index is 2.23. The van der Waals surface area contributed by atoms with Crippen molar-refractivity contribution in [2.45, 2.75) is 6.18 Å². The molecule has 0 spiro atoms. The number of benzene rings is 1. The largest absolute Gasteiger partial charge is 0.497 e. The lowest BCUT2D eigenvalue weighted by molar-refractivity contribution is -0.137. The van der Waals surface area contributed by atoms with Crippen molar-refractivity contribution in [1.29, 1.82) is 5.26 Å². The molecule has 0 radical (unpaired) electrons. The van der Waals surface area contributed by atoms with Crippen molar-refractivity contribution in [3.8, 4) is 34.3 Å². The number of halogens is 3. The van der Waals surface area contributed by atoms with Crippen molar-refractivity contribution in [1.82, 2.24) is 20.4 Å². The van der Waals surface area contributed by atoms with Gasteiger partial charge in [-0.2, -0.15) is 18.4 Å². The second-order valence-corrected chi connectivity index (χ2v) is 4.99. The first-order valence-electron chi connectivity index (χ1n) is 6.97. The highest BCUT2D eigenvalue weighted by Gasteiger charge is 2.34. The van der Waals surface area contributed by atoms with Crippen molar-refractivity contribution < 1.29 is 17.9 Å². The second kappa shape index (κ2) is 6.24. The number of hydrogen-bond donors (Lipinski definition) is 1. The summed E-state index contributed by atoms with van der Waals surface area (Å²) in [7, 11) is 1.39. The lowest BCUT2D eigenvalue weighted by atomic mass is 10.0. The summed E-state index contributed by atoms with van der Waals surface area (Å²) in [6, 6.07) is 8.52. The van der Waals surface area contributed by atoms with Crippen LogP contribution in [0.25, 0.3) is 22.5 Å². The zero-order valence-electron chi connectivity index (χ0n) is 12.8. The highest BCUT2D eigenvalue weighted by molar-refractivity contribution is 5.75. The molecule has 1 aromatic carbocycles. The Morgan fingerprint density at radius 1 is 1.16 bits per heavy atom. The van der Waals surface area contributed by atoms with Crippen molar-refractivity contribution in [3.63, 3.8) is 0 Å². The van der Waals surface area contributed by atoms with E-state index in [2.05, 4.69) is 20.4 Å². The number of hydrogen-bond acceptors (Lipinski definition) is 5. The molecule has 0 aliphatic rings. The van der Waals surface area contributed by atoms with E-state index in [1.165, 1.54) is 31.5 Å². The molecule has 6 nitrogen and oxygen atoms in total. The molecule has 126 valence electrons. The van der Waals surface area contributed by atoms with Crippen LogP contribution in [0.2, 0.25) is 0 Å². The SMILES string of the molecule is COc1cc(-c2ncccc2C(F)(F)F)cc(-c2nn[nH]c2C#N)c1. The first-order valence-corrected chi connectivity index (χ1v) is 6.97. The average molecular weight is 345 g/mol. The van der Waals surface area contributed by atoms with E-state index >= 15 is 0 Å². The number of methoxy groups -OCH3 is 1. The number of aromatic nitrogens is 4. The smallest absolute Gasteiger partial charge is 0.418 e. The van der Waals surface area contributed by atoms with Crippen molar-refractivity contribution >= 4 is 0 Å². The number of nitrogens with zero attached hydrogens (tertiary/aromatic N) is 4. The van der Waals surface area contributed by atoms with E-state index in [1.807, 2.05) is 6.07 Å². The Morgan fingerprint density at radius 3 is 2.52 bits per heavy atom. The molecule has 3 rings (SSSR count). The third-order valence-corrected chi connectivity index (χ3v) is 3.46. The first-order chi connectivity index (χ1) is 11.9. The monoisotopic (exact) mass is 345 g/mol. The number of aromatic amines is 1. The molecule has 0 saturated carbocycles. The van der Waals surface area contributed by atoms with Gasteiger partial charge >= 0.3 is 6.18 Å². The Kier molecular flexibility index (Phi) is 4.10. The van der Waals surface area contributed by atoms with Crippen LogP contribution in [-0.4, -0.2) is 27.5 Å². The van der Waals surface area contributed by atoms with Crippen LogP contribution in [0.1, 0.15) is 11.3 Å². The maximum atomic E-state index is 13.3. The number of nitriles is 1. The van der Waals surface area contributed by atoms with Gasteiger partial charge in [0.05, 0.1) is 18.4 Å². The highest BCUT2D eigenvalue weighted by atomic mass is 19.4. The van der Waals surface area contributed by atoms with Gasteiger partial charge in [0.1, 0.15) is 17.5 Å². The van der Waals surface area contributed by atoms with Gasteiger partial charge in [0.2, 0.25) is 0 Å². The van der Waals surface area contributed by atoms with Crippen molar-refractivity contribution in [2.24, 2.45) is 0 Å². The van der Waals surface area contributed by atoms with Crippen LogP contribution in [0.5, 0.6) is 5.75 Å². The minimum Gasteiger partial charge on any atom is -0.497 e. The van der Waals surface area contributed by atoms with Crippen LogP contribution < -0.4 is 4.74 Å². The summed E-state index contributed by atoms with van der Waals surface area (Å²) in [5.41, 5.74) is -0.219. The summed E-state index contributed by atoms with van der Waals surface area (Å²) in [6.45, 7) is 0. The van der Waals surface area contributed by atoms with Crippen LogP contribution in [0, 0.1) is 11.3 Å². The normalized spacial score (nSPS) is 11.2. The number of pyridine rings is 1. The van der Waals surface area contributed by atoms with Crippen LogP contribution in [0.3, 0.4) is 0 Å². The fourth-order valence-corrected chi connectivity index (χ4v) is 2.36. The minimum atomic E-state index is -4.56. The van der Waals surface area contributed by atoms with Gasteiger partial charge in [0.25, 0.3) is 0 Å². The highest BCUT2D eigenvalue weighted by Crippen LogP contribution is 2.38. The summed E-state index contributed by atoms with van der Waals surface area (Å²) in [4.78, 5) is 3.87. The summed E-state index contributed by atoms with van der Waals surface area (Å²) in [5, 5.41) is 18.9. The fraction of sp³-hybridized carbons (Fsp3) is 0.125. The van der Waals surface area contributed by atoms with Gasteiger partial charge < -0.3 is 4.74 Å². The molecule has 9 heteroatoms. The van der Waals surface area contributed by atoms with E-state index in [-0.39, 0.29) is 22.6 Å². The van der Waals surface area contributed by atoms with Gasteiger partial charge in [0.15, 0.2) is 5.69 Å². The van der Waals surface area contributed by atoms with Gasteiger partial charge in [-0.3, -0.25) is 4.98 Å². The van der Waals surface area contributed by atoms with E-state index in [4.69, 9.17) is 10.00 Å². The fourth-order valence-electron chi connectivity index (χ4n) is 2.36. The quantitative estimate of drug-likeness (QED) is 0.786. The molecule has 0 aliphatic carbocycles. The Hall–Kier alpha value is -3.41. The summed E-state index contributed by atoms with van der Waals surface area (Å²) < 4.78 is 45.0. The molecule has 0 unspecified atom stereocenters. The predicted molar refractivity (Wildman–Crippen MR) is 81.3 cm³/mol. The molecule has 2 aromatic heterocycles. The van der Waals surface area contributed by atoms with Gasteiger partial charge in [-0.05, 0) is 30.3 Å². The number of H-pyrrole nitrogens is 1. The van der Waals surface area contributed by atoms with E-state index in [1.54, 1.807) is 6.07 Å². The van der Waals surface area contributed by atoms with Gasteiger partial charge in [-0.25, -0.2) is 5.10 Å². The first kappa shape index (κ1) is 16.4. The van der Waals surface area contributed by atoms with Gasteiger partial charge in [0, 0.05) is 17.3 Å². The Morgan fingerprint density at radius 2 is 1.88 bits per heavy atom. The van der Waals surface area contributed by atoms with E-state index in [0.29, 0.717) is 11.3 Å². The molecule has 0 aliphatic heterocycles. The van der Waals surface area contributed by atoms with E-state index in [9.17, 15) is 13.2 Å². The molecule has 3 aromatic rings. The molecule has 0 saturated heterocycles. The van der Waals surface area contributed by atoms with Gasteiger partial charge in [-0.15, -0.1) is 5.10 Å². The maximum Gasteiger partial charge on any atom is 0.418 e. The zero-order chi connectivity index (χ0) is 18.0. The molecule has 1 N–H and O–H groups in total. The molecular formula is C16H10F3N5O. The number of nitrogens with one attached hydrogen (secondary N) is 1. The Labute approximate surface area is 139 Å². The lowest BCUT2D eigenvalue weighted by Crippen LogP contribution is -2.08. The molecule has 0 atom stereocenters. The predicted octanol–water partition coefficient (Wildman–Crippen LogP) is 3.43. The summed E-state index contributed by atoms with van der Waals surface area (Å²) in [5.74, 6) is 0.304. The third-order valence-electron chi connectivity index (χ3n) is 3.46. The molecular weight excluding hydrogens is 335 g/mol. The topological polar surface area (TPSA) is 87.5 Å². The van der Waals surface area contributed by atoms with Crippen LogP contribution >= 0.6 is 0 Å².